The van der Waals surface area contributed by atoms with Gasteiger partial charge >= 0.3 is 5.97 Å². The van der Waals surface area contributed by atoms with E-state index in [4.69, 9.17) is 21.4 Å². The zero-order valence-corrected chi connectivity index (χ0v) is 13.1. The van der Waals surface area contributed by atoms with Gasteiger partial charge in [-0.25, -0.2) is 9.78 Å². The maximum atomic E-state index is 11.1. The Morgan fingerprint density at radius 3 is 2.90 bits per heavy atom. The van der Waals surface area contributed by atoms with Gasteiger partial charge in [0.25, 0.3) is 0 Å². The maximum absolute atomic E-state index is 11.1. The van der Waals surface area contributed by atoms with Crippen molar-refractivity contribution in [2.75, 3.05) is 11.9 Å². The Hall–Kier alpha value is -1.33. The smallest absolute Gasteiger partial charge is 0.337 e. The van der Waals surface area contributed by atoms with Crippen LogP contribution in [0.15, 0.2) is 12.3 Å². The molecule has 1 atom stereocenters. The minimum absolute atomic E-state index is 0.0680. The summed E-state index contributed by atoms with van der Waals surface area (Å²) in [5.41, 5.74) is -0.0363. The number of hydrogen-bond acceptors (Lipinski definition) is 4. The quantitative estimate of drug-likeness (QED) is 0.869. The lowest BCUT2D eigenvalue weighted by Gasteiger charge is -2.40. The molecule has 5 nitrogen and oxygen atoms in total. The normalized spacial score (nSPS) is 21.0. The third kappa shape index (κ3) is 3.47. The molecule has 1 aliphatic heterocycles. The first-order valence-corrected chi connectivity index (χ1v) is 7.67. The van der Waals surface area contributed by atoms with Crippen molar-refractivity contribution in [1.82, 2.24) is 4.98 Å². The number of pyridine rings is 1. The number of nitrogens with one attached hydrogen (secondary N) is 1. The van der Waals surface area contributed by atoms with Crippen LogP contribution in [-0.2, 0) is 4.74 Å². The van der Waals surface area contributed by atoms with Crippen molar-refractivity contribution in [1.29, 1.82) is 0 Å². The van der Waals surface area contributed by atoms with E-state index >= 15 is 0 Å². The molecule has 1 fully saturated rings. The first-order chi connectivity index (χ1) is 10.0. The number of aromatic nitrogens is 1. The molecular formula is C15H21ClN2O3. The van der Waals surface area contributed by atoms with E-state index in [1.54, 1.807) is 0 Å². The van der Waals surface area contributed by atoms with Gasteiger partial charge in [-0.2, -0.15) is 0 Å². The molecule has 1 aromatic heterocycles. The van der Waals surface area contributed by atoms with Crippen LogP contribution in [0.5, 0.6) is 0 Å². The number of carboxylic acids is 1. The summed E-state index contributed by atoms with van der Waals surface area (Å²) in [6.07, 6.45) is 5.10. The molecule has 2 N–H and O–H groups in total. The van der Waals surface area contributed by atoms with Crippen molar-refractivity contribution in [2.24, 2.45) is 0 Å². The molecule has 116 valence electrons. The molecular weight excluding hydrogens is 292 g/mol. The molecule has 1 saturated heterocycles. The van der Waals surface area contributed by atoms with Crippen LogP contribution in [-0.4, -0.2) is 34.3 Å². The zero-order valence-electron chi connectivity index (χ0n) is 12.4. The second-order valence-electron chi connectivity index (χ2n) is 5.40. The molecule has 6 heteroatoms. The highest BCUT2D eigenvalue weighted by Gasteiger charge is 2.34. The molecule has 2 rings (SSSR count). The van der Waals surface area contributed by atoms with E-state index in [9.17, 15) is 4.79 Å². The Morgan fingerprint density at radius 1 is 1.57 bits per heavy atom. The average molecular weight is 313 g/mol. The van der Waals surface area contributed by atoms with Gasteiger partial charge in [-0.1, -0.05) is 25.4 Å². The lowest BCUT2D eigenvalue weighted by Crippen LogP contribution is -2.43. The van der Waals surface area contributed by atoms with Crippen molar-refractivity contribution in [2.45, 2.75) is 51.2 Å². The zero-order chi connectivity index (χ0) is 15.5. The van der Waals surface area contributed by atoms with Crippen LogP contribution in [0, 0.1) is 0 Å². The summed E-state index contributed by atoms with van der Waals surface area (Å²) in [7, 11) is 0. The average Bonchev–Trinajstić information content (AvgIpc) is 2.49. The fourth-order valence-corrected chi connectivity index (χ4v) is 3.04. The predicted octanol–water partition coefficient (Wildman–Crippen LogP) is 3.58. The van der Waals surface area contributed by atoms with Gasteiger partial charge in [0.2, 0.25) is 0 Å². The Morgan fingerprint density at radius 2 is 2.29 bits per heavy atom. The summed E-state index contributed by atoms with van der Waals surface area (Å²) in [4.78, 5) is 15.3. The SMILES string of the molecule is CCC1(CC)CC(Nc2nccc(C(=O)O)c2Cl)CCO1. The molecule has 1 aromatic rings. The van der Waals surface area contributed by atoms with Gasteiger partial charge in [0.1, 0.15) is 5.82 Å². The van der Waals surface area contributed by atoms with Crippen LogP contribution in [0.1, 0.15) is 49.9 Å². The second kappa shape index (κ2) is 6.62. The molecule has 1 aliphatic rings. The number of carboxylic acid groups (broad SMARTS) is 1. The van der Waals surface area contributed by atoms with Gasteiger partial charge in [-0.05, 0) is 31.7 Å². The monoisotopic (exact) mass is 312 g/mol. The van der Waals surface area contributed by atoms with Gasteiger partial charge < -0.3 is 15.2 Å². The van der Waals surface area contributed by atoms with Crippen LogP contribution >= 0.6 is 11.6 Å². The molecule has 1 unspecified atom stereocenters. The van der Waals surface area contributed by atoms with E-state index < -0.39 is 5.97 Å². The Labute approximate surface area is 129 Å². The third-order valence-electron chi connectivity index (χ3n) is 4.24. The van der Waals surface area contributed by atoms with Crippen molar-refractivity contribution in [3.8, 4) is 0 Å². The second-order valence-corrected chi connectivity index (χ2v) is 5.78. The van der Waals surface area contributed by atoms with Gasteiger partial charge in [-0.15, -0.1) is 0 Å². The molecule has 0 aliphatic carbocycles. The van der Waals surface area contributed by atoms with Gasteiger partial charge in [0.05, 0.1) is 16.2 Å². The van der Waals surface area contributed by atoms with E-state index in [1.807, 2.05) is 0 Å². The third-order valence-corrected chi connectivity index (χ3v) is 4.62. The van der Waals surface area contributed by atoms with Crippen molar-refractivity contribution < 1.29 is 14.6 Å². The first-order valence-electron chi connectivity index (χ1n) is 7.29. The Balaban J connectivity index is 2.15. The molecule has 0 spiro atoms. The molecule has 0 amide bonds. The lowest BCUT2D eigenvalue weighted by atomic mass is 9.86. The standard InChI is InChI=1S/C15H21ClN2O3/c1-3-15(4-2)9-10(6-8-21-15)18-13-12(16)11(14(19)20)5-7-17-13/h5,7,10H,3-4,6,8-9H2,1-2H3,(H,17,18)(H,19,20). The molecule has 0 saturated carbocycles. The number of carbonyl (C=O) groups is 1. The van der Waals surface area contributed by atoms with E-state index in [-0.39, 0.29) is 22.2 Å². The minimum Gasteiger partial charge on any atom is -0.478 e. The molecule has 0 aromatic carbocycles. The lowest BCUT2D eigenvalue weighted by molar-refractivity contribution is -0.0864. The number of ether oxygens (including phenoxy) is 1. The molecule has 0 bridgehead atoms. The Bertz CT molecular complexity index is 518. The number of aromatic carboxylic acids is 1. The number of anilines is 1. The maximum Gasteiger partial charge on any atom is 0.337 e. The molecule has 2 heterocycles. The summed E-state index contributed by atoms with van der Waals surface area (Å²) in [6, 6.07) is 1.59. The fourth-order valence-electron chi connectivity index (χ4n) is 2.80. The van der Waals surface area contributed by atoms with Gasteiger partial charge in [0, 0.05) is 18.8 Å². The minimum atomic E-state index is -1.05. The predicted molar refractivity (Wildman–Crippen MR) is 82.1 cm³/mol. The number of hydrogen-bond donors (Lipinski definition) is 2. The van der Waals surface area contributed by atoms with Crippen LogP contribution < -0.4 is 5.32 Å². The highest BCUT2D eigenvalue weighted by Crippen LogP contribution is 2.34. The highest BCUT2D eigenvalue weighted by molar-refractivity contribution is 6.35. The summed E-state index contributed by atoms with van der Waals surface area (Å²) >= 11 is 6.12. The van der Waals surface area contributed by atoms with Crippen LogP contribution in [0.2, 0.25) is 5.02 Å². The van der Waals surface area contributed by atoms with Crippen molar-refractivity contribution >= 4 is 23.4 Å². The number of halogens is 1. The summed E-state index contributed by atoms with van der Waals surface area (Å²) in [5.74, 6) is -0.613. The van der Waals surface area contributed by atoms with E-state index in [0.29, 0.717) is 12.4 Å². The van der Waals surface area contributed by atoms with Crippen LogP contribution in [0.4, 0.5) is 5.82 Å². The molecule has 21 heavy (non-hydrogen) atoms. The summed E-state index contributed by atoms with van der Waals surface area (Å²) < 4.78 is 5.94. The van der Waals surface area contributed by atoms with E-state index in [0.717, 1.165) is 25.7 Å². The summed E-state index contributed by atoms with van der Waals surface area (Å²) in [6.45, 7) is 4.94. The summed E-state index contributed by atoms with van der Waals surface area (Å²) in [5, 5.41) is 12.5. The Kier molecular flexibility index (Phi) is 5.06. The van der Waals surface area contributed by atoms with Crippen LogP contribution in [0.3, 0.4) is 0 Å². The number of rotatable bonds is 5. The van der Waals surface area contributed by atoms with E-state index in [2.05, 4.69) is 24.1 Å². The van der Waals surface area contributed by atoms with E-state index in [1.165, 1.54) is 12.3 Å². The largest absolute Gasteiger partial charge is 0.478 e. The number of nitrogens with zero attached hydrogens (tertiary/aromatic N) is 1. The van der Waals surface area contributed by atoms with Gasteiger partial charge in [-0.3, -0.25) is 0 Å². The first kappa shape index (κ1) is 16.0. The molecule has 0 radical (unpaired) electrons. The van der Waals surface area contributed by atoms with Crippen molar-refractivity contribution in [3.63, 3.8) is 0 Å². The van der Waals surface area contributed by atoms with Gasteiger partial charge in [0.15, 0.2) is 0 Å². The van der Waals surface area contributed by atoms with Crippen LogP contribution in [0.25, 0.3) is 0 Å². The topological polar surface area (TPSA) is 71.5 Å². The highest BCUT2D eigenvalue weighted by atomic mass is 35.5. The fraction of sp³-hybridized carbons (Fsp3) is 0.600. The van der Waals surface area contributed by atoms with Crippen molar-refractivity contribution in [3.05, 3.63) is 22.8 Å².